The molecule has 2 fully saturated rings. The molecule has 0 spiro atoms. The van der Waals surface area contributed by atoms with Gasteiger partial charge < -0.3 is 20.6 Å². The molecule has 0 aliphatic carbocycles. The molecule has 2 aliphatic heterocycles. The number of likely N-dealkylation sites (tertiary alicyclic amines) is 1. The molecule has 0 bridgehead atoms. The lowest BCUT2D eigenvalue weighted by atomic mass is 9.79. The van der Waals surface area contributed by atoms with Gasteiger partial charge in [-0.3, -0.25) is 4.79 Å². The van der Waals surface area contributed by atoms with Crippen molar-refractivity contribution < 1.29 is 9.90 Å². The number of rotatable bonds is 3. The Morgan fingerprint density at radius 3 is 2.63 bits per heavy atom. The lowest BCUT2D eigenvalue weighted by Crippen LogP contribution is -2.55. The van der Waals surface area contributed by atoms with Gasteiger partial charge in [0.05, 0.1) is 5.60 Å². The summed E-state index contributed by atoms with van der Waals surface area (Å²) in [4.78, 5) is 14.6. The van der Waals surface area contributed by atoms with Gasteiger partial charge in [0.1, 0.15) is 0 Å². The molecule has 110 valence electrons. The first-order valence-corrected chi connectivity index (χ1v) is 7.34. The molecule has 0 radical (unpaired) electrons. The number of carbonyl (C=O) groups excluding carboxylic acids is 1. The monoisotopic (exact) mass is 269 g/mol. The number of nitrogens with zero attached hydrogens (tertiary/aromatic N) is 1. The minimum absolute atomic E-state index is 0.0969. The van der Waals surface area contributed by atoms with Crippen molar-refractivity contribution in [3.05, 3.63) is 0 Å². The zero-order valence-corrected chi connectivity index (χ0v) is 12.2. The van der Waals surface area contributed by atoms with Crippen molar-refractivity contribution in [2.75, 3.05) is 39.8 Å². The van der Waals surface area contributed by atoms with E-state index < -0.39 is 5.60 Å². The number of hydrogen-bond donors (Lipinski definition) is 3. The maximum Gasteiger partial charge on any atom is 0.226 e. The van der Waals surface area contributed by atoms with Crippen LogP contribution in [0.1, 0.15) is 32.6 Å². The average molecular weight is 269 g/mol. The molecule has 5 nitrogen and oxygen atoms in total. The van der Waals surface area contributed by atoms with E-state index in [0.717, 1.165) is 45.3 Å². The van der Waals surface area contributed by atoms with Crippen molar-refractivity contribution in [1.29, 1.82) is 0 Å². The molecular weight excluding hydrogens is 242 g/mol. The maximum absolute atomic E-state index is 12.4. The van der Waals surface area contributed by atoms with E-state index in [1.54, 1.807) is 0 Å². The number of hydrogen-bond acceptors (Lipinski definition) is 4. The summed E-state index contributed by atoms with van der Waals surface area (Å²) >= 11 is 0. The number of amides is 1. The smallest absolute Gasteiger partial charge is 0.226 e. The summed E-state index contributed by atoms with van der Waals surface area (Å²) in [5.41, 5.74) is -1.04. The summed E-state index contributed by atoms with van der Waals surface area (Å²) in [6.45, 7) is 5.88. The van der Waals surface area contributed by atoms with Crippen LogP contribution < -0.4 is 10.6 Å². The van der Waals surface area contributed by atoms with Crippen LogP contribution in [0.3, 0.4) is 0 Å². The van der Waals surface area contributed by atoms with Crippen LogP contribution in [0.2, 0.25) is 0 Å². The molecule has 1 amide bonds. The van der Waals surface area contributed by atoms with Crippen molar-refractivity contribution >= 4 is 5.91 Å². The predicted octanol–water partition coefficient (Wildman–Crippen LogP) is -0.0510. The fraction of sp³-hybridized carbons (Fsp3) is 0.929. The van der Waals surface area contributed by atoms with Gasteiger partial charge in [-0.2, -0.15) is 0 Å². The first-order chi connectivity index (χ1) is 8.94. The molecule has 19 heavy (non-hydrogen) atoms. The van der Waals surface area contributed by atoms with Crippen LogP contribution in [-0.2, 0) is 4.79 Å². The van der Waals surface area contributed by atoms with Crippen molar-refractivity contribution in [2.45, 2.75) is 38.2 Å². The highest BCUT2D eigenvalue weighted by Crippen LogP contribution is 2.30. The van der Waals surface area contributed by atoms with E-state index in [4.69, 9.17) is 0 Å². The zero-order chi connectivity index (χ0) is 13.9. The lowest BCUT2D eigenvalue weighted by molar-refractivity contribution is -0.134. The lowest BCUT2D eigenvalue weighted by Gasteiger charge is -2.38. The van der Waals surface area contributed by atoms with Crippen LogP contribution >= 0.6 is 0 Å². The molecular formula is C14H27N3O2. The Labute approximate surface area is 115 Å². The van der Waals surface area contributed by atoms with Crippen LogP contribution in [0.25, 0.3) is 0 Å². The van der Waals surface area contributed by atoms with E-state index in [1.807, 2.05) is 6.92 Å². The van der Waals surface area contributed by atoms with Crippen LogP contribution in [0, 0.1) is 5.41 Å². The van der Waals surface area contributed by atoms with Crippen molar-refractivity contribution in [3.8, 4) is 0 Å². The fourth-order valence-corrected chi connectivity index (χ4v) is 2.90. The largest absolute Gasteiger partial charge is 0.387 e. The number of aliphatic hydroxyl groups is 1. The predicted molar refractivity (Wildman–Crippen MR) is 74.9 cm³/mol. The van der Waals surface area contributed by atoms with Gasteiger partial charge in [-0.05, 0) is 52.4 Å². The highest BCUT2D eigenvalue weighted by atomic mass is 16.3. The first kappa shape index (κ1) is 14.8. The number of nitrogens with one attached hydrogen (secondary N) is 2. The fourth-order valence-electron chi connectivity index (χ4n) is 2.90. The minimum Gasteiger partial charge on any atom is -0.387 e. The molecule has 1 unspecified atom stereocenters. The van der Waals surface area contributed by atoms with E-state index in [2.05, 4.69) is 22.6 Å². The highest BCUT2D eigenvalue weighted by Gasteiger charge is 2.37. The van der Waals surface area contributed by atoms with E-state index in [9.17, 15) is 9.90 Å². The summed E-state index contributed by atoms with van der Waals surface area (Å²) in [5, 5.41) is 16.5. The third-order valence-electron chi connectivity index (χ3n) is 4.67. The Kier molecular flexibility index (Phi) is 4.48. The van der Waals surface area contributed by atoms with Gasteiger partial charge in [-0.25, -0.2) is 0 Å². The summed E-state index contributed by atoms with van der Waals surface area (Å²) in [5.74, 6) is 0.0969. The second kappa shape index (κ2) is 5.77. The average Bonchev–Trinajstić information content (AvgIpc) is 2.40. The van der Waals surface area contributed by atoms with Crippen LogP contribution in [0.4, 0.5) is 0 Å². The summed E-state index contributed by atoms with van der Waals surface area (Å²) < 4.78 is 0. The van der Waals surface area contributed by atoms with Crippen LogP contribution in [0.15, 0.2) is 0 Å². The Bertz CT molecular complexity index is 319. The summed E-state index contributed by atoms with van der Waals surface area (Å²) in [6.07, 6.45) is 3.52. The van der Waals surface area contributed by atoms with E-state index in [1.165, 1.54) is 0 Å². The number of β-amino-alcohol motifs (C(OH)–C–C–N with tert-alkyl or cyclic N) is 1. The Balaban J connectivity index is 1.83. The van der Waals surface area contributed by atoms with E-state index in [0.29, 0.717) is 13.1 Å². The van der Waals surface area contributed by atoms with Gasteiger partial charge in [0, 0.05) is 18.5 Å². The third kappa shape index (κ3) is 3.68. The molecule has 0 aromatic rings. The number of carbonyl (C=O) groups is 1. The molecule has 3 N–H and O–H groups in total. The van der Waals surface area contributed by atoms with Gasteiger partial charge in [-0.15, -0.1) is 0 Å². The molecule has 2 heterocycles. The SMILES string of the molecule is CN1CCC(C)(C(=O)NCC2(O)CCCNC2)CC1. The maximum atomic E-state index is 12.4. The second-order valence-electron chi connectivity index (χ2n) is 6.55. The van der Waals surface area contributed by atoms with Crippen molar-refractivity contribution in [1.82, 2.24) is 15.5 Å². The molecule has 1 atom stereocenters. The molecule has 0 saturated carbocycles. The summed E-state index contributed by atoms with van der Waals surface area (Å²) in [7, 11) is 2.09. The molecule has 0 aromatic heterocycles. The zero-order valence-electron chi connectivity index (χ0n) is 12.2. The quantitative estimate of drug-likeness (QED) is 0.672. The Hall–Kier alpha value is -0.650. The minimum atomic E-state index is -0.768. The first-order valence-electron chi connectivity index (χ1n) is 7.34. The van der Waals surface area contributed by atoms with E-state index >= 15 is 0 Å². The topological polar surface area (TPSA) is 64.6 Å². The van der Waals surface area contributed by atoms with Crippen LogP contribution in [-0.4, -0.2) is 61.3 Å². The van der Waals surface area contributed by atoms with E-state index in [-0.39, 0.29) is 11.3 Å². The van der Waals surface area contributed by atoms with Gasteiger partial charge in [0.25, 0.3) is 0 Å². The van der Waals surface area contributed by atoms with Crippen molar-refractivity contribution in [2.24, 2.45) is 5.41 Å². The second-order valence-corrected chi connectivity index (χ2v) is 6.55. The van der Waals surface area contributed by atoms with Gasteiger partial charge >= 0.3 is 0 Å². The van der Waals surface area contributed by atoms with Crippen molar-refractivity contribution in [3.63, 3.8) is 0 Å². The molecule has 2 aliphatic rings. The highest BCUT2D eigenvalue weighted by molar-refractivity contribution is 5.82. The molecule has 2 saturated heterocycles. The van der Waals surface area contributed by atoms with Gasteiger partial charge in [0.15, 0.2) is 0 Å². The molecule has 0 aromatic carbocycles. The van der Waals surface area contributed by atoms with Crippen LogP contribution in [0.5, 0.6) is 0 Å². The normalized spacial score (nSPS) is 31.9. The molecule has 2 rings (SSSR count). The third-order valence-corrected chi connectivity index (χ3v) is 4.67. The summed E-state index contributed by atoms with van der Waals surface area (Å²) in [6, 6.07) is 0. The van der Waals surface area contributed by atoms with Gasteiger partial charge in [-0.1, -0.05) is 6.92 Å². The Morgan fingerprint density at radius 1 is 1.37 bits per heavy atom. The molecule has 5 heteroatoms. The van der Waals surface area contributed by atoms with Gasteiger partial charge in [0.2, 0.25) is 5.91 Å². The number of piperidine rings is 2. The Morgan fingerprint density at radius 2 is 2.05 bits per heavy atom. The standard InChI is InChI=1S/C14H27N3O2/c1-13(5-8-17(2)9-6-13)12(18)16-11-14(19)4-3-7-15-10-14/h15,19H,3-11H2,1-2H3,(H,16,18).